The first-order chi connectivity index (χ1) is 9.51. The van der Waals surface area contributed by atoms with Gasteiger partial charge in [-0.3, -0.25) is 4.79 Å². The molecule has 2 N–H and O–H groups in total. The van der Waals surface area contributed by atoms with Gasteiger partial charge in [0, 0.05) is 25.7 Å². The van der Waals surface area contributed by atoms with Gasteiger partial charge in [-0.25, -0.2) is 0 Å². The fourth-order valence-electron chi connectivity index (χ4n) is 3.46. The lowest BCUT2D eigenvalue weighted by Crippen LogP contribution is -2.59. The van der Waals surface area contributed by atoms with Crippen LogP contribution in [-0.4, -0.2) is 47.2 Å². The Labute approximate surface area is 122 Å². The second-order valence-electron chi connectivity index (χ2n) is 6.93. The van der Waals surface area contributed by atoms with Gasteiger partial charge in [-0.15, -0.1) is 0 Å². The third-order valence-electron chi connectivity index (χ3n) is 4.71. The van der Waals surface area contributed by atoms with E-state index in [4.69, 9.17) is 0 Å². The van der Waals surface area contributed by atoms with Gasteiger partial charge in [0.05, 0.1) is 0 Å². The van der Waals surface area contributed by atoms with Gasteiger partial charge >= 0.3 is 0 Å². The molecule has 4 nitrogen and oxygen atoms in total. The number of likely N-dealkylation sites (tertiary alicyclic amines) is 1. The molecule has 1 aliphatic heterocycles. The smallest absolute Gasteiger partial charge is 0.255 e. The molecule has 1 amide bonds. The monoisotopic (exact) mass is 282 g/mol. The second kappa shape index (κ2) is 6.90. The molecule has 4 heteroatoms. The topological polar surface area (TPSA) is 52.6 Å². The van der Waals surface area contributed by atoms with Crippen LogP contribution in [0.25, 0.3) is 0 Å². The summed E-state index contributed by atoms with van der Waals surface area (Å²) in [5.41, 5.74) is -1.18. The first-order valence-corrected chi connectivity index (χ1v) is 8.26. The van der Waals surface area contributed by atoms with Gasteiger partial charge in [-0.05, 0) is 31.6 Å². The van der Waals surface area contributed by atoms with Crippen molar-refractivity contribution in [2.75, 3.05) is 19.6 Å². The van der Waals surface area contributed by atoms with E-state index in [1.807, 2.05) is 18.7 Å². The Morgan fingerprint density at radius 1 is 1.30 bits per heavy atom. The van der Waals surface area contributed by atoms with E-state index in [1.165, 1.54) is 32.1 Å². The molecule has 1 aliphatic carbocycles. The number of hydrogen-bond donors (Lipinski definition) is 2. The highest BCUT2D eigenvalue weighted by Gasteiger charge is 2.42. The SMILES string of the molecule is CC(C)NC[C@@]1(O)CCCN(CC2CCCCC2)C1=O. The van der Waals surface area contributed by atoms with Gasteiger partial charge in [0.25, 0.3) is 5.91 Å². The van der Waals surface area contributed by atoms with Crippen LogP contribution in [0.2, 0.25) is 0 Å². The average molecular weight is 282 g/mol. The minimum atomic E-state index is -1.18. The van der Waals surface area contributed by atoms with Crippen LogP contribution >= 0.6 is 0 Å². The van der Waals surface area contributed by atoms with E-state index in [2.05, 4.69) is 5.32 Å². The molecule has 2 aliphatic rings. The summed E-state index contributed by atoms with van der Waals surface area (Å²) in [6.07, 6.45) is 7.92. The van der Waals surface area contributed by atoms with Crippen molar-refractivity contribution in [3.05, 3.63) is 0 Å². The summed E-state index contributed by atoms with van der Waals surface area (Å²) in [4.78, 5) is 14.5. The Kier molecular flexibility index (Phi) is 5.44. The van der Waals surface area contributed by atoms with Crippen molar-refractivity contribution in [1.29, 1.82) is 0 Å². The lowest BCUT2D eigenvalue weighted by atomic mass is 9.86. The maximum absolute atomic E-state index is 12.6. The number of nitrogens with one attached hydrogen (secondary N) is 1. The lowest BCUT2D eigenvalue weighted by Gasteiger charge is -2.40. The highest BCUT2D eigenvalue weighted by Crippen LogP contribution is 2.28. The Morgan fingerprint density at radius 2 is 2.00 bits per heavy atom. The quantitative estimate of drug-likeness (QED) is 0.810. The molecule has 1 atom stereocenters. The van der Waals surface area contributed by atoms with Gasteiger partial charge in [-0.1, -0.05) is 33.1 Å². The van der Waals surface area contributed by atoms with Gasteiger partial charge in [0.1, 0.15) is 0 Å². The number of hydrogen-bond acceptors (Lipinski definition) is 3. The zero-order valence-corrected chi connectivity index (χ0v) is 13.0. The minimum Gasteiger partial charge on any atom is -0.379 e. The molecule has 0 unspecified atom stereocenters. The predicted octanol–water partition coefficient (Wildman–Crippen LogP) is 1.92. The van der Waals surface area contributed by atoms with Crippen molar-refractivity contribution in [3.8, 4) is 0 Å². The molecule has 0 radical (unpaired) electrons. The number of carbonyl (C=O) groups excluding carboxylic acids is 1. The number of amides is 1. The van der Waals surface area contributed by atoms with Gasteiger partial charge in [-0.2, -0.15) is 0 Å². The maximum Gasteiger partial charge on any atom is 0.255 e. The fraction of sp³-hybridized carbons (Fsp3) is 0.938. The Morgan fingerprint density at radius 3 is 2.65 bits per heavy atom. The van der Waals surface area contributed by atoms with Crippen LogP contribution in [0.1, 0.15) is 58.8 Å². The van der Waals surface area contributed by atoms with E-state index in [9.17, 15) is 9.90 Å². The second-order valence-corrected chi connectivity index (χ2v) is 6.93. The average Bonchev–Trinajstić information content (AvgIpc) is 2.43. The standard InChI is InChI=1S/C16H30N2O2/c1-13(2)17-12-16(20)9-6-10-18(15(16)19)11-14-7-4-3-5-8-14/h13-14,17,20H,3-12H2,1-2H3/t16-/m0/s1. The number of carbonyl (C=O) groups is 1. The van der Waals surface area contributed by atoms with Crippen molar-refractivity contribution in [1.82, 2.24) is 10.2 Å². The largest absolute Gasteiger partial charge is 0.379 e. The molecule has 1 saturated carbocycles. The summed E-state index contributed by atoms with van der Waals surface area (Å²) < 4.78 is 0. The van der Waals surface area contributed by atoms with Crippen LogP contribution in [0, 0.1) is 5.92 Å². The van der Waals surface area contributed by atoms with Crippen molar-refractivity contribution in [2.24, 2.45) is 5.92 Å². The molecule has 0 aromatic rings. The maximum atomic E-state index is 12.6. The first kappa shape index (κ1) is 15.8. The molecular formula is C16H30N2O2. The van der Waals surface area contributed by atoms with Gasteiger partial charge < -0.3 is 15.3 Å². The van der Waals surface area contributed by atoms with Crippen molar-refractivity contribution in [2.45, 2.75) is 70.4 Å². The summed E-state index contributed by atoms with van der Waals surface area (Å²) in [7, 11) is 0. The van der Waals surface area contributed by atoms with Crippen molar-refractivity contribution < 1.29 is 9.90 Å². The van der Waals surface area contributed by atoms with Crippen LogP contribution in [0.4, 0.5) is 0 Å². The molecule has 116 valence electrons. The molecule has 0 bridgehead atoms. The number of rotatable bonds is 5. The van der Waals surface area contributed by atoms with E-state index in [0.717, 1.165) is 19.5 Å². The summed E-state index contributed by atoms with van der Waals surface area (Å²) in [5.74, 6) is 0.593. The van der Waals surface area contributed by atoms with Crippen molar-refractivity contribution >= 4 is 5.91 Å². The third kappa shape index (κ3) is 3.95. The lowest BCUT2D eigenvalue weighted by molar-refractivity contribution is -0.157. The third-order valence-corrected chi connectivity index (χ3v) is 4.71. The minimum absolute atomic E-state index is 0.0533. The first-order valence-electron chi connectivity index (χ1n) is 8.26. The predicted molar refractivity (Wildman–Crippen MR) is 80.5 cm³/mol. The Balaban J connectivity index is 1.91. The van der Waals surface area contributed by atoms with E-state index in [-0.39, 0.29) is 5.91 Å². The van der Waals surface area contributed by atoms with E-state index in [1.54, 1.807) is 0 Å². The van der Waals surface area contributed by atoms with Gasteiger partial charge in [0.2, 0.25) is 0 Å². The molecule has 0 aromatic carbocycles. The normalized spacial score (nSPS) is 29.2. The van der Waals surface area contributed by atoms with Crippen LogP contribution in [-0.2, 0) is 4.79 Å². The summed E-state index contributed by atoms with van der Waals surface area (Å²) in [5, 5.41) is 13.8. The van der Waals surface area contributed by atoms with E-state index in [0.29, 0.717) is 24.9 Å². The molecule has 20 heavy (non-hydrogen) atoms. The summed E-state index contributed by atoms with van der Waals surface area (Å²) in [6.45, 7) is 6.12. The Bertz CT molecular complexity index is 326. The summed E-state index contributed by atoms with van der Waals surface area (Å²) in [6, 6.07) is 0.292. The van der Waals surface area contributed by atoms with E-state index >= 15 is 0 Å². The number of nitrogens with zero attached hydrogens (tertiary/aromatic N) is 1. The fourth-order valence-corrected chi connectivity index (χ4v) is 3.46. The summed E-state index contributed by atoms with van der Waals surface area (Å²) >= 11 is 0. The molecule has 0 spiro atoms. The van der Waals surface area contributed by atoms with E-state index < -0.39 is 5.60 Å². The van der Waals surface area contributed by atoms with Crippen LogP contribution in [0.15, 0.2) is 0 Å². The van der Waals surface area contributed by atoms with Crippen LogP contribution in [0.5, 0.6) is 0 Å². The zero-order chi connectivity index (χ0) is 14.6. The van der Waals surface area contributed by atoms with Crippen LogP contribution in [0.3, 0.4) is 0 Å². The molecule has 1 saturated heterocycles. The highest BCUT2D eigenvalue weighted by atomic mass is 16.3. The van der Waals surface area contributed by atoms with Crippen LogP contribution < -0.4 is 5.32 Å². The number of aliphatic hydroxyl groups is 1. The molecular weight excluding hydrogens is 252 g/mol. The number of piperidine rings is 1. The Hall–Kier alpha value is -0.610. The van der Waals surface area contributed by atoms with Gasteiger partial charge in [0.15, 0.2) is 5.60 Å². The molecule has 1 heterocycles. The molecule has 2 rings (SSSR count). The highest BCUT2D eigenvalue weighted by molar-refractivity contribution is 5.86. The molecule has 2 fully saturated rings. The van der Waals surface area contributed by atoms with Crippen molar-refractivity contribution in [3.63, 3.8) is 0 Å². The molecule has 0 aromatic heterocycles. The zero-order valence-electron chi connectivity index (χ0n) is 13.0.